The summed E-state index contributed by atoms with van der Waals surface area (Å²) in [5.41, 5.74) is 2.11. The number of thiazole rings is 1. The summed E-state index contributed by atoms with van der Waals surface area (Å²) in [5, 5.41) is 5.23. The number of hydrogen-bond donors (Lipinski definition) is 1. The number of pyridine rings is 1. The lowest BCUT2D eigenvalue weighted by molar-refractivity contribution is -0.121. The highest BCUT2D eigenvalue weighted by atomic mass is 35.5. The van der Waals surface area contributed by atoms with E-state index in [1.54, 1.807) is 11.3 Å². The van der Waals surface area contributed by atoms with Crippen molar-refractivity contribution in [1.82, 2.24) is 20.2 Å². The minimum Gasteiger partial charge on any atom is -0.372 e. The van der Waals surface area contributed by atoms with E-state index < -0.39 is 0 Å². The number of benzene rings is 1. The monoisotopic (exact) mass is 575 g/mol. The second-order valence-electron chi connectivity index (χ2n) is 10.3. The summed E-state index contributed by atoms with van der Waals surface area (Å²) in [6, 6.07) is 10.4. The summed E-state index contributed by atoms with van der Waals surface area (Å²) in [6.07, 6.45) is 4.63. The lowest BCUT2D eigenvalue weighted by Crippen LogP contribution is -2.45. The van der Waals surface area contributed by atoms with Crippen LogP contribution in [-0.2, 0) is 16.0 Å². The minimum absolute atomic E-state index is 0.0663. The molecule has 0 aliphatic carbocycles. The maximum Gasteiger partial charge on any atom is 0.220 e. The molecule has 1 N–H and O–H groups in total. The summed E-state index contributed by atoms with van der Waals surface area (Å²) in [4.78, 5) is 27.7. The maximum absolute atomic E-state index is 12.5. The van der Waals surface area contributed by atoms with Crippen LogP contribution in [0.25, 0.3) is 10.3 Å². The zero-order chi connectivity index (χ0) is 26.6. The first-order valence-electron chi connectivity index (χ1n) is 13.5. The van der Waals surface area contributed by atoms with Crippen molar-refractivity contribution in [2.45, 2.75) is 64.2 Å². The van der Waals surface area contributed by atoms with Gasteiger partial charge in [-0.1, -0.05) is 40.6 Å². The van der Waals surface area contributed by atoms with Crippen LogP contribution < -0.4 is 10.2 Å². The molecule has 0 radical (unpaired) electrons. The molecule has 2 aliphatic heterocycles. The number of rotatable bonds is 9. The highest BCUT2D eigenvalue weighted by Gasteiger charge is 2.26. The molecule has 2 aromatic heterocycles. The van der Waals surface area contributed by atoms with Crippen LogP contribution in [0.2, 0.25) is 10.0 Å². The Morgan fingerprint density at radius 2 is 1.95 bits per heavy atom. The molecule has 2 aliphatic rings. The normalized spacial score (nSPS) is 22.3. The van der Waals surface area contributed by atoms with Crippen LogP contribution in [0.4, 0.5) is 5.82 Å². The minimum atomic E-state index is 0.0663. The number of anilines is 1. The number of halogens is 2. The number of ether oxygens (including phenoxy) is 1. The fourth-order valence-electron chi connectivity index (χ4n) is 5.51. The molecular weight excluding hydrogens is 541 g/mol. The Morgan fingerprint density at radius 1 is 1.13 bits per heavy atom. The number of morpholine rings is 1. The molecule has 1 aromatic carbocycles. The zero-order valence-electron chi connectivity index (χ0n) is 22.0. The zero-order valence-corrected chi connectivity index (χ0v) is 24.3. The molecule has 204 valence electrons. The van der Waals surface area contributed by atoms with Gasteiger partial charge >= 0.3 is 0 Å². The number of aryl methyl sites for hydroxylation is 1. The average molecular weight is 577 g/mol. The molecule has 3 atom stereocenters. The van der Waals surface area contributed by atoms with Crippen LogP contribution in [0.15, 0.2) is 30.3 Å². The first-order chi connectivity index (χ1) is 18.4. The molecule has 2 fully saturated rings. The fraction of sp³-hybridized carbons (Fsp3) is 0.536. The fourth-order valence-corrected chi connectivity index (χ4v) is 6.75. The summed E-state index contributed by atoms with van der Waals surface area (Å²) in [5.74, 6) is 1.03. The Kier molecular flexibility index (Phi) is 9.06. The van der Waals surface area contributed by atoms with Crippen LogP contribution in [0.5, 0.6) is 0 Å². The third kappa shape index (κ3) is 6.77. The van der Waals surface area contributed by atoms with Gasteiger partial charge in [-0.15, -0.1) is 0 Å². The largest absolute Gasteiger partial charge is 0.372 e. The van der Waals surface area contributed by atoms with Gasteiger partial charge in [0.25, 0.3) is 0 Å². The van der Waals surface area contributed by atoms with E-state index in [-0.39, 0.29) is 18.1 Å². The molecule has 3 unspecified atom stereocenters. The Labute approximate surface area is 238 Å². The Bertz CT molecular complexity index is 1260. The van der Waals surface area contributed by atoms with E-state index >= 15 is 0 Å². The highest BCUT2D eigenvalue weighted by Crippen LogP contribution is 2.35. The third-order valence-corrected chi connectivity index (χ3v) is 8.99. The van der Waals surface area contributed by atoms with Gasteiger partial charge in [0.1, 0.15) is 16.2 Å². The molecule has 2 saturated heterocycles. The van der Waals surface area contributed by atoms with Crippen LogP contribution in [0.1, 0.15) is 56.1 Å². The van der Waals surface area contributed by atoms with E-state index in [1.165, 1.54) is 12.0 Å². The van der Waals surface area contributed by atoms with Gasteiger partial charge in [0, 0.05) is 45.1 Å². The molecular formula is C28H35Cl2N5O2S. The van der Waals surface area contributed by atoms with E-state index in [0.717, 1.165) is 60.2 Å². The van der Waals surface area contributed by atoms with E-state index in [2.05, 4.69) is 35.0 Å². The molecule has 0 saturated carbocycles. The first kappa shape index (κ1) is 27.6. The highest BCUT2D eigenvalue weighted by molar-refractivity contribution is 7.18. The van der Waals surface area contributed by atoms with Crippen LogP contribution in [0.3, 0.4) is 0 Å². The number of hydrogen-bond acceptors (Lipinski definition) is 7. The number of amides is 1. The van der Waals surface area contributed by atoms with Gasteiger partial charge in [-0.05, 0) is 69.5 Å². The molecule has 10 heteroatoms. The van der Waals surface area contributed by atoms with Crippen LogP contribution >= 0.6 is 34.5 Å². The predicted molar refractivity (Wildman–Crippen MR) is 156 cm³/mol. The van der Waals surface area contributed by atoms with Crippen molar-refractivity contribution in [3.63, 3.8) is 0 Å². The Balaban J connectivity index is 1.06. The van der Waals surface area contributed by atoms with Crippen molar-refractivity contribution in [3.05, 3.63) is 50.9 Å². The molecule has 1 amide bonds. The maximum atomic E-state index is 12.5. The van der Waals surface area contributed by atoms with Crippen molar-refractivity contribution in [3.8, 4) is 0 Å². The topological polar surface area (TPSA) is 70.6 Å². The summed E-state index contributed by atoms with van der Waals surface area (Å²) < 4.78 is 5.85. The SMILES string of the molecule is CC1CN(c2ccc3nc(CCC(=O)NCCCN4CCCC4c4ccc(Cl)c(Cl)c4)sc3n2)CC(C)O1. The van der Waals surface area contributed by atoms with Gasteiger partial charge in [0.05, 0.1) is 27.3 Å². The number of fused-ring (bicyclic) bond motifs is 1. The smallest absolute Gasteiger partial charge is 0.220 e. The molecule has 0 bridgehead atoms. The Morgan fingerprint density at radius 3 is 2.74 bits per heavy atom. The van der Waals surface area contributed by atoms with Crippen molar-refractivity contribution >= 4 is 56.6 Å². The standard InChI is InChI=1S/C28H35Cl2N5O2S/c1-18-16-35(17-19(2)37-18)25-9-8-23-28(33-25)38-27(32-23)11-10-26(36)31-12-4-14-34-13-3-5-24(34)20-6-7-21(29)22(30)15-20/h6-9,15,18-19,24H,3-5,10-14,16-17H2,1-2H3,(H,31,36). The summed E-state index contributed by atoms with van der Waals surface area (Å²) in [7, 11) is 0. The van der Waals surface area contributed by atoms with E-state index in [4.69, 9.17) is 37.9 Å². The van der Waals surface area contributed by atoms with E-state index in [1.807, 2.05) is 24.3 Å². The second-order valence-corrected chi connectivity index (χ2v) is 12.2. The molecule has 7 nitrogen and oxygen atoms in total. The van der Waals surface area contributed by atoms with Gasteiger partial charge in [0.15, 0.2) is 0 Å². The molecule has 4 heterocycles. The molecule has 3 aromatic rings. The van der Waals surface area contributed by atoms with Crippen molar-refractivity contribution in [1.29, 1.82) is 0 Å². The summed E-state index contributed by atoms with van der Waals surface area (Å²) in [6.45, 7) is 8.54. The Hall–Kier alpha value is -1.97. The second kappa shape index (κ2) is 12.5. The number of carbonyl (C=O) groups excluding carboxylic acids is 1. The van der Waals surface area contributed by atoms with Gasteiger partial charge in [-0.2, -0.15) is 0 Å². The van der Waals surface area contributed by atoms with Crippen molar-refractivity contribution in [2.75, 3.05) is 37.6 Å². The van der Waals surface area contributed by atoms with Crippen LogP contribution in [-0.4, -0.2) is 65.7 Å². The molecule has 38 heavy (non-hydrogen) atoms. The number of carbonyl (C=O) groups is 1. The van der Waals surface area contributed by atoms with Crippen molar-refractivity contribution in [2.24, 2.45) is 0 Å². The number of nitrogens with zero attached hydrogens (tertiary/aromatic N) is 4. The van der Waals surface area contributed by atoms with Gasteiger partial charge in [-0.25, -0.2) is 9.97 Å². The lowest BCUT2D eigenvalue weighted by Gasteiger charge is -2.36. The van der Waals surface area contributed by atoms with Crippen molar-refractivity contribution < 1.29 is 9.53 Å². The molecule has 0 spiro atoms. The lowest BCUT2D eigenvalue weighted by atomic mass is 10.0. The third-order valence-electron chi connectivity index (χ3n) is 7.23. The number of likely N-dealkylation sites (tertiary alicyclic amines) is 1. The van der Waals surface area contributed by atoms with Gasteiger partial charge in [-0.3, -0.25) is 9.69 Å². The number of nitrogens with one attached hydrogen (secondary N) is 1. The van der Waals surface area contributed by atoms with Gasteiger partial charge < -0.3 is 15.0 Å². The van der Waals surface area contributed by atoms with E-state index in [0.29, 0.717) is 35.5 Å². The van der Waals surface area contributed by atoms with Crippen LogP contribution in [0, 0.1) is 0 Å². The number of aromatic nitrogens is 2. The summed E-state index contributed by atoms with van der Waals surface area (Å²) >= 11 is 13.9. The quantitative estimate of drug-likeness (QED) is 0.321. The first-order valence-corrected chi connectivity index (χ1v) is 15.1. The average Bonchev–Trinajstić information content (AvgIpc) is 3.52. The predicted octanol–water partition coefficient (Wildman–Crippen LogP) is 5.89. The van der Waals surface area contributed by atoms with Gasteiger partial charge in [0.2, 0.25) is 5.91 Å². The molecule has 5 rings (SSSR count). The van der Waals surface area contributed by atoms with E-state index in [9.17, 15) is 4.79 Å².